The predicted molar refractivity (Wildman–Crippen MR) is 90.1 cm³/mol. The third-order valence-electron chi connectivity index (χ3n) is 3.84. The van der Waals surface area contributed by atoms with Gasteiger partial charge in [0.2, 0.25) is 11.7 Å². The highest BCUT2D eigenvalue weighted by molar-refractivity contribution is 5.89. The fourth-order valence-electron chi connectivity index (χ4n) is 2.52. The molecule has 1 aliphatic heterocycles. The lowest BCUT2D eigenvalue weighted by Gasteiger charge is -2.14. The molecule has 1 aromatic carbocycles. The maximum absolute atomic E-state index is 11.9. The molecule has 1 aromatic rings. The number of hydrogen-bond acceptors (Lipinski definition) is 7. The molecule has 1 saturated heterocycles. The van der Waals surface area contributed by atoms with Gasteiger partial charge in [-0.05, 0) is 24.1 Å². The van der Waals surface area contributed by atoms with Crippen LogP contribution in [0.25, 0.3) is 0 Å². The van der Waals surface area contributed by atoms with E-state index in [0.717, 1.165) is 5.56 Å². The molecule has 0 bridgehead atoms. The molecule has 1 aliphatic rings. The van der Waals surface area contributed by atoms with E-state index in [2.05, 4.69) is 10.6 Å². The van der Waals surface area contributed by atoms with E-state index >= 15 is 0 Å². The van der Waals surface area contributed by atoms with Gasteiger partial charge in [0.1, 0.15) is 6.04 Å². The van der Waals surface area contributed by atoms with E-state index in [4.69, 9.17) is 18.9 Å². The lowest BCUT2D eigenvalue weighted by atomic mass is 10.1. The smallest absolute Gasteiger partial charge is 0.329 e. The summed E-state index contributed by atoms with van der Waals surface area (Å²) in [7, 11) is 4.50. The van der Waals surface area contributed by atoms with Crippen LogP contribution < -0.4 is 24.8 Å². The Bertz CT molecular complexity index is 665. The molecule has 1 atom stereocenters. The fraction of sp³-hybridized carbons (Fsp3) is 0.471. The summed E-state index contributed by atoms with van der Waals surface area (Å²) in [4.78, 5) is 34.7. The Kier molecular flexibility index (Phi) is 6.65. The number of carbonyl (C=O) groups excluding carboxylic acids is 3. The summed E-state index contributed by atoms with van der Waals surface area (Å²) in [5.74, 6) is 0.130. The first-order valence-corrected chi connectivity index (χ1v) is 8.00. The fourth-order valence-corrected chi connectivity index (χ4v) is 2.52. The van der Waals surface area contributed by atoms with Crippen molar-refractivity contribution in [2.24, 2.45) is 0 Å². The number of ether oxygens (including phenoxy) is 4. The Morgan fingerprint density at radius 1 is 1.15 bits per heavy atom. The van der Waals surface area contributed by atoms with Crippen LogP contribution >= 0.6 is 0 Å². The summed E-state index contributed by atoms with van der Waals surface area (Å²) in [6, 6.07) is 2.74. The van der Waals surface area contributed by atoms with Gasteiger partial charge in [-0.15, -0.1) is 0 Å². The molecule has 2 N–H and O–H groups in total. The monoisotopic (exact) mass is 366 g/mol. The van der Waals surface area contributed by atoms with Gasteiger partial charge in [0.15, 0.2) is 18.1 Å². The second kappa shape index (κ2) is 8.93. The summed E-state index contributed by atoms with van der Waals surface area (Å²) < 4.78 is 20.6. The van der Waals surface area contributed by atoms with Crippen molar-refractivity contribution in [2.75, 3.05) is 27.9 Å². The van der Waals surface area contributed by atoms with Crippen molar-refractivity contribution in [1.29, 1.82) is 0 Å². The van der Waals surface area contributed by atoms with Crippen molar-refractivity contribution in [3.63, 3.8) is 0 Å². The van der Waals surface area contributed by atoms with Crippen LogP contribution in [0.4, 0.5) is 0 Å². The third-order valence-corrected chi connectivity index (χ3v) is 3.84. The van der Waals surface area contributed by atoms with Gasteiger partial charge in [-0.2, -0.15) is 0 Å². The maximum atomic E-state index is 11.9. The van der Waals surface area contributed by atoms with Crippen LogP contribution in [0.1, 0.15) is 18.4 Å². The van der Waals surface area contributed by atoms with Gasteiger partial charge >= 0.3 is 5.97 Å². The molecule has 142 valence electrons. The summed E-state index contributed by atoms with van der Waals surface area (Å²) in [5.41, 5.74) is 0.724. The highest BCUT2D eigenvalue weighted by atomic mass is 16.5. The molecule has 2 amide bonds. The van der Waals surface area contributed by atoms with Crippen LogP contribution in [-0.4, -0.2) is 51.8 Å². The minimum Gasteiger partial charge on any atom is -0.493 e. The van der Waals surface area contributed by atoms with Crippen molar-refractivity contribution in [2.45, 2.75) is 25.4 Å². The lowest BCUT2D eigenvalue weighted by Crippen LogP contribution is -2.37. The molecule has 0 unspecified atom stereocenters. The SMILES string of the molecule is COc1cc(CNC(=O)COC(=O)[C@@H]2CCC(=O)N2)cc(OC)c1OC. The molecular weight excluding hydrogens is 344 g/mol. The first-order valence-electron chi connectivity index (χ1n) is 8.00. The average molecular weight is 366 g/mol. The molecule has 0 spiro atoms. The zero-order valence-electron chi connectivity index (χ0n) is 14.9. The molecule has 9 heteroatoms. The molecule has 0 saturated carbocycles. The number of amides is 2. The Morgan fingerprint density at radius 3 is 2.31 bits per heavy atom. The molecule has 0 aliphatic carbocycles. The van der Waals surface area contributed by atoms with Crippen molar-refractivity contribution in [3.8, 4) is 17.2 Å². The Hall–Kier alpha value is -2.97. The molecular formula is C17H22N2O7. The Labute approximate surface area is 150 Å². The first-order chi connectivity index (χ1) is 12.5. The van der Waals surface area contributed by atoms with Crippen molar-refractivity contribution in [1.82, 2.24) is 10.6 Å². The molecule has 0 radical (unpaired) electrons. The quantitative estimate of drug-likeness (QED) is 0.630. The van der Waals surface area contributed by atoms with Crippen molar-refractivity contribution in [3.05, 3.63) is 17.7 Å². The number of esters is 1. The summed E-state index contributed by atoms with van der Waals surface area (Å²) in [5, 5.41) is 5.12. The topological polar surface area (TPSA) is 112 Å². The van der Waals surface area contributed by atoms with E-state index in [1.54, 1.807) is 12.1 Å². The molecule has 1 heterocycles. The maximum Gasteiger partial charge on any atom is 0.329 e. The Morgan fingerprint density at radius 2 is 1.81 bits per heavy atom. The lowest BCUT2D eigenvalue weighted by molar-refractivity contribution is -0.150. The van der Waals surface area contributed by atoms with Crippen LogP contribution in [0, 0.1) is 0 Å². The molecule has 26 heavy (non-hydrogen) atoms. The van der Waals surface area contributed by atoms with Gasteiger partial charge in [-0.1, -0.05) is 0 Å². The third kappa shape index (κ3) is 4.78. The van der Waals surface area contributed by atoms with Gasteiger partial charge in [-0.3, -0.25) is 9.59 Å². The van der Waals surface area contributed by atoms with E-state index in [9.17, 15) is 14.4 Å². The second-order valence-corrected chi connectivity index (χ2v) is 5.58. The van der Waals surface area contributed by atoms with Gasteiger partial charge in [0.05, 0.1) is 21.3 Å². The van der Waals surface area contributed by atoms with Gasteiger partial charge in [0, 0.05) is 13.0 Å². The van der Waals surface area contributed by atoms with Crippen LogP contribution in [0.3, 0.4) is 0 Å². The van der Waals surface area contributed by atoms with Gasteiger partial charge < -0.3 is 29.6 Å². The van der Waals surface area contributed by atoms with Gasteiger partial charge in [0.25, 0.3) is 5.91 Å². The highest BCUT2D eigenvalue weighted by Gasteiger charge is 2.28. The predicted octanol–water partition coefficient (Wildman–Crippen LogP) is 0.150. The largest absolute Gasteiger partial charge is 0.493 e. The normalized spacial score (nSPS) is 15.8. The minimum atomic E-state index is -0.676. The van der Waals surface area contributed by atoms with E-state index in [-0.39, 0.29) is 18.9 Å². The van der Waals surface area contributed by atoms with Crippen LogP contribution in [0.2, 0.25) is 0 Å². The number of carbonyl (C=O) groups is 3. The van der Waals surface area contributed by atoms with Gasteiger partial charge in [-0.25, -0.2) is 4.79 Å². The summed E-state index contributed by atoms with van der Waals surface area (Å²) in [6.45, 7) is -0.233. The standard InChI is InChI=1S/C17H22N2O7/c1-23-12-6-10(7-13(24-2)16(12)25-3)8-18-15(21)9-26-17(22)11-4-5-14(20)19-11/h6-7,11H,4-5,8-9H2,1-3H3,(H,18,21)(H,19,20)/t11-/m0/s1. The number of hydrogen-bond donors (Lipinski definition) is 2. The van der Waals surface area contributed by atoms with E-state index in [1.165, 1.54) is 21.3 Å². The number of methoxy groups -OCH3 is 3. The van der Waals surface area contributed by atoms with E-state index in [0.29, 0.717) is 23.7 Å². The van der Waals surface area contributed by atoms with E-state index in [1.807, 2.05) is 0 Å². The summed E-state index contributed by atoms with van der Waals surface area (Å²) >= 11 is 0. The van der Waals surface area contributed by atoms with Crippen LogP contribution in [0.5, 0.6) is 17.2 Å². The summed E-state index contributed by atoms with van der Waals surface area (Å²) in [6.07, 6.45) is 0.665. The number of nitrogens with one attached hydrogen (secondary N) is 2. The van der Waals surface area contributed by atoms with Crippen molar-refractivity contribution >= 4 is 17.8 Å². The number of benzene rings is 1. The zero-order chi connectivity index (χ0) is 19.1. The molecule has 9 nitrogen and oxygen atoms in total. The average Bonchev–Trinajstić information content (AvgIpc) is 3.09. The Balaban J connectivity index is 1.87. The van der Waals surface area contributed by atoms with Crippen LogP contribution in [-0.2, 0) is 25.7 Å². The van der Waals surface area contributed by atoms with E-state index < -0.39 is 24.5 Å². The first kappa shape index (κ1) is 19.4. The highest BCUT2D eigenvalue weighted by Crippen LogP contribution is 2.38. The second-order valence-electron chi connectivity index (χ2n) is 5.58. The molecule has 1 fully saturated rings. The minimum absolute atomic E-state index is 0.188. The number of rotatable bonds is 8. The zero-order valence-corrected chi connectivity index (χ0v) is 14.9. The molecule has 2 rings (SSSR count). The van der Waals surface area contributed by atoms with Crippen LogP contribution in [0.15, 0.2) is 12.1 Å². The molecule has 0 aromatic heterocycles. The van der Waals surface area contributed by atoms with Crippen molar-refractivity contribution < 1.29 is 33.3 Å².